The van der Waals surface area contributed by atoms with Gasteiger partial charge in [0.05, 0.1) is 18.9 Å². The van der Waals surface area contributed by atoms with E-state index in [9.17, 15) is 19.1 Å². The van der Waals surface area contributed by atoms with Gasteiger partial charge in [-0.3, -0.25) is 14.6 Å². The summed E-state index contributed by atoms with van der Waals surface area (Å²) in [5, 5.41) is 12.7. The quantitative estimate of drug-likeness (QED) is 0.407. The van der Waals surface area contributed by atoms with Crippen molar-refractivity contribution in [1.29, 1.82) is 0 Å². The molecule has 0 bridgehead atoms. The third-order valence-corrected chi connectivity index (χ3v) is 5.70. The number of halogens is 1. The standard InChI is InChI=1S/C26H21FN4O6/c1-31-20-11-16(6-8-26(34)14-35-15-26)4-5-21(20)36-13-19(25(31)33)30-24(32)18-12-17(7-10-28-18)37-22-3-2-9-29-23(22)27/h2-5,7,9-12,19,34H,13-15H2,1H3,(H,30,32)/t19-/m0/s1. The van der Waals surface area contributed by atoms with Crippen LogP contribution in [-0.2, 0) is 9.53 Å². The van der Waals surface area contributed by atoms with Crippen LogP contribution in [0.15, 0.2) is 54.9 Å². The third kappa shape index (κ3) is 5.20. The van der Waals surface area contributed by atoms with E-state index in [1.54, 1.807) is 25.2 Å². The molecular weight excluding hydrogens is 483 g/mol. The first-order valence-electron chi connectivity index (χ1n) is 11.2. The molecule has 0 aliphatic carbocycles. The maximum Gasteiger partial charge on any atom is 0.270 e. The minimum Gasteiger partial charge on any atom is -0.489 e. The third-order valence-electron chi connectivity index (χ3n) is 5.70. The Morgan fingerprint density at radius 1 is 1.24 bits per heavy atom. The fourth-order valence-corrected chi connectivity index (χ4v) is 3.64. The van der Waals surface area contributed by atoms with Crippen LogP contribution in [0.25, 0.3) is 0 Å². The fraction of sp³-hybridized carbons (Fsp3) is 0.231. The largest absolute Gasteiger partial charge is 0.489 e. The smallest absolute Gasteiger partial charge is 0.270 e. The molecular formula is C26H21FN4O6. The minimum absolute atomic E-state index is 0.0329. The van der Waals surface area contributed by atoms with Crippen LogP contribution in [0.3, 0.4) is 0 Å². The molecule has 2 aliphatic heterocycles. The van der Waals surface area contributed by atoms with Gasteiger partial charge >= 0.3 is 0 Å². The van der Waals surface area contributed by atoms with Gasteiger partial charge in [0, 0.05) is 31.1 Å². The van der Waals surface area contributed by atoms with Gasteiger partial charge in [-0.25, -0.2) is 4.98 Å². The van der Waals surface area contributed by atoms with Gasteiger partial charge < -0.3 is 29.5 Å². The molecule has 1 aromatic carbocycles. The van der Waals surface area contributed by atoms with Gasteiger partial charge in [0.25, 0.3) is 17.8 Å². The monoisotopic (exact) mass is 504 g/mol. The van der Waals surface area contributed by atoms with Crippen molar-refractivity contribution in [2.75, 3.05) is 31.8 Å². The number of pyridine rings is 2. The van der Waals surface area contributed by atoms with Crippen LogP contribution in [0.4, 0.5) is 10.1 Å². The summed E-state index contributed by atoms with van der Waals surface area (Å²) in [4.78, 5) is 35.0. The number of aliphatic hydroxyl groups is 1. The number of carbonyl (C=O) groups is 2. The average molecular weight is 504 g/mol. The summed E-state index contributed by atoms with van der Waals surface area (Å²) < 4.78 is 30.1. The fourth-order valence-electron chi connectivity index (χ4n) is 3.64. The molecule has 188 valence electrons. The molecule has 2 aromatic heterocycles. The lowest BCUT2D eigenvalue weighted by Gasteiger charge is -2.30. The van der Waals surface area contributed by atoms with Gasteiger partial charge in [0.1, 0.15) is 29.8 Å². The SMILES string of the molecule is CN1C(=O)[C@@H](NC(=O)c2cc(Oc3cccnc3F)ccn2)COc2ccc(C#CC3(O)COC3)cc21. The van der Waals surface area contributed by atoms with Crippen molar-refractivity contribution in [3.8, 4) is 29.1 Å². The Hall–Kier alpha value is -4.53. The average Bonchev–Trinajstić information content (AvgIpc) is 3.00. The van der Waals surface area contributed by atoms with E-state index in [0.717, 1.165) is 0 Å². The lowest BCUT2D eigenvalue weighted by atomic mass is 10.0. The number of nitrogens with zero attached hydrogens (tertiary/aromatic N) is 3. The van der Waals surface area contributed by atoms with Crippen LogP contribution >= 0.6 is 0 Å². The molecule has 10 nitrogen and oxygen atoms in total. The molecule has 2 amide bonds. The Morgan fingerprint density at radius 3 is 2.84 bits per heavy atom. The molecule has 0 radical (unpaired) electrons. The van der Waals surface area contributed by atoms with Crippen molar-refractivity contribution in [3.63, 3.8) is 0 Å². The van der Waals surface area contributed by atoms with Crippen LogP contribution in [0.2, 0.25) is 0 Å². The highest BCUT2D eigenvalue weighted by molar-refractivity contribution is 6.03. The first-order chi connectivity index (χ1) is 17.8. The zero-order valence-electron chi connectivity index (χ0n) is 19.6. The molecule has 4 heterocycles. The van der Waals surface area contributed by atoms with Crippen LogP contribution in [-0.4, -0.2) is 65.4 Å². The van der Waals surface area contributed by atoms with Gasteiger partial charge in [0.2, 0.25) is 0 Å². The first-order valence-corrected chi connectivity index (χ1v) is 11.2. The number of anilines is 1. The zero-order valence-corrected chi connectivity index (χ0v) is 19.6. The molecule has 2 aliphatic rings. The topological polar surface area (TPSA) is 123 Å². The second-order valence-electron chi connectivity index (χ2n) is 8.46. The number of hydrogen-bond acceptors (Lipinski definition) is 8. The van der Waals surface area contributed by atoms with Gasteiger partial charge in [-0.05, 0) is 36.4 Å². The number of aromatic nitrogens is 2. The summed E-state index contributed by atoms with van der Waals surface area (Å²) in [5.74, 6) is 4.33. The molecule has 2 N–H and O–H groups in total. The number of benzene rings is 1. The van der Waals surface area contributed by atoms with E-state index >= 15 is 0 Å². The second kappa shape index (κ2) is 9.85. The minimum atomic E-state index is -1.16. The van der Waals surface area contributed by atoms with Gasteiger partial charge in [-0.2, -0.15) is 4.39 Å². The maximum atomic E-state index is 13.8. The number of hydrogen-bond donors (Lipinski definition) is 2. The van der Waals surface area contributed by atoms with E-state index in [1.807, 2.05) is 0 Å². The Bertz CT molecular complexity index is 1430. The number of amides is 2. The van der Waals surface area contributed by atoms with Crippen LogP contribution in [0, 0.1) is 17.8 Å². The predicted octanol–water partition coefficient (Wildman–Crippen LogP) is 1.67. The van der Waals surface area contributed by atoms with Crippen molar-refractivity contribution in [2.45, 2.75) is 11.6 Å². The van der Waals surface area contributed by atoms with Crippen molar-refractivity contribution in [3.05, 3.63) is 72.1 Å². The number of carbonyl (C=O) groups excluding carboxylic acids is 2. The van der Waals surface area contributed by atoms with Crippen LogP contribution in [0.5, 0.6) is 17.2 Å². The molecule has 3 aromatic rings. The molecule has 0 spiro atoms. The summed E-state index contributed by atoms with van der Waals surface area (Å²) in [6, 6.07) is 9.77. The van der Waals surface area contributed by atoms with Crippen molar-refractivity contribution >= 4 is 17.5 Å². The molecule has 0 saturated carbocycles. The highest BCUT2D eigenvalue weighted by atomic mass is 19.1. The van der Waals surface area contributed by atoms with Crippen molar-refractivity contribution in [1.82, 2.24) is 15.3 Å². The van der Waals surface area contributed by atoms with E-state index < -0.39 is 29.4 Å². The van der Waals surface area contributed by atoms with Crippen LogP contribution < -0.4 is 19.7 Å². The molecule has 1 saturated heterocycles. The highest BCUT2D eigenvalue weighted by Crippen LogP contribution is 2.32. The summed E-state index contributed by atoms with van der Waals surface area (Å²) in [6.07, 6.45) is 2.62. The van der Waals surface area contributed by atoms with E-state index in [-0.39, 0.29) is 37.0 Å². The number of rotatable bonds is 4. The lowest BCUT2D eigenvalue weighted by Crippen LogP contribution is -2.49. The summed E-state index contributed by atoms with van der Waals surface area (Å²) >= 11 is 0. The normalized spacial score (nSPS) is 17.8. The molecule has 5 rings (SSSR count). The van der Waals surface area contributed by atoms with E-state index in [0.29, 0.717) is 17.0 Å². The van der Waals surface area contributed by atoms with Gasteiger partial charge in [-0.15, -0.1) is 0 Å². The second-order valence-corrected chi connectivity index (χ2v) is 8.46. The van der Waals surface area contributed by atoms with E-state index in [2.05, 4.69) is 27.1 Å². The molecule has 11 heteroatoms. The maximum absolute atomic E-state index is 13.8. The van der Waals surface area contributed by atoms with Gasteiger partial charge in [0.15, 0.2) is 11.4 Å². The van der Waals surface area contributed by atoms with Crippen LogP contribution in [0.1, 0.15) is 16.1 Å². The Morgan fingerprint density at radius 2 is 2.08 bits per heavy atom. The van der Waals surface area contributed by atoms with Gasteiger partial charge in [-0.1, -0.05) is 11.8 Å². The van der Waals surface area contributed by atoms with E-state index in [1.165, 1.54) is 41.6 Å². The Balaban J connectivity index is 1.29. The predicted molar refractivity (Wildman–Crippen MR) is 128 cm³/mol. The number of likely N-dealkylation sites (N-methyl/N-ethyl adjacent to an activating group) is 1. The highest BCUT2D eigenvalue weighted by Gasteiger charge is 2.34. The number of fused-ring (bicyclic) bond motifs is 1. The summed E-state index contributed by atoms with van der Waals surface area (Å²) in [7, 11) is 1.56. The lowest BCUT2D eigenvalue weighted by molar-refractivity contribution is -0.140. The molecule has 1 fully saturated rings. The first kappa shape index (κ1) is 24.2. The number of ether oxygens (including phenoxy) is 3. The molecule has 1 atom stereocenters. The number of nitrogens with one attached hydrogen (secondary N) is 1. The van der Waals surface area contributed by atoms with E-state index in [4.69, 9.17) is 14.2 Å². The van der Waals surface area contributed by atoms with Crippen molar-refractivity contribution < 1.29 is 33.3 Å². The Labute approximate surface area is 211 Å². The van der Waals surface area contributed by atoms with Crippen molar-refractivity contribution in [2.24, 2.45) is 0 Å². The summed E-state index contributed by atoms with van der Waals surface area (Å²) in [5.41, 5.74) is -0.147. The molecule has 0 unspecified atom stereocenters. The Kier molecular flexibility index (Phi) is 6.43. The zero-order chi connectivity index (χ0) is 26.0. The summed E-state index contributed by atoms with van der Waals surface area (Å²) in [6.45, 7) is 0.192. The molecule has 37 heavy (non-hydrogen) atoms.